The van der Waals surface area contributed by atoms with Gasteiger partial charge in [-0.1, -0.05) is 19.1 Å². The first kappa shape index (κ1) is 27.7. The van der Waals surface area contributed by atoms with E-state index < -0.39 is 17.6 Å². The Kier molecular flexibility index (Phi) is 7.84. The van der Waals surface area contributed by atoms with E-state index in [4.69, 9.17) is 9.47 Å². The zero-order valence-corrected chi connectivity index (χ0v) is 22.6. The molecule has 1 aromatic heterocycles. The SMILES string of the molecule is COc1cc(C(=O)NC2CCN(C)CC2)ccc1Nc1ncc(C(F)(F)F)c(Oc2cccc3c2CCC3C)n1. The number of amides is 1. The maximum Gasteiger partial charge on any atom is 0.423 e. The molecule has 40 heavy (non-hydrogen) atoms. The fraction of sp³-hybridized carbons (Fsp3) is 0.414. The molecular weight excluding hydrogens is 523 g/mol. The lowest BCUT2D eigenvalue weighted by Gasteiger charge is -2.29. The lowest BCUT2D eigenvalue weighted by molar-refractivity contribution is -0.139. The molecule has 1 fully saturated rings. The minimum absolute atomic E-state index is 0.0977. The predicted octanol–water partition coefficient (Wildman–Crippen LogP) is 5.91. The molecule has 11 heteroatoms. The highest BCUT2D eigenvalue weighted by molar-refractivity contribution is 5.95. The first-order valence-electron chi connectivity index (χ1n) is 13.3. The Morgan fingerprint density at radius 3 is 2.60 bits per heavy atom. The third kappa shape index (κ3) is 5.99. The van der Waals surface area contributed by atoms with Gasteiger partial charge in [0.15, 0.2) is 0 Å². The molecule has 2 heterocycles. The second-order valence-electron chi connectivity index (χ2n) is 10.4. The van der Waals surface area contributed by atoms with Gasteiger partial charge in [0.05, 0.1) is 12.8 Å². The van der Waals surface area contributed by atoms with E-state index in [1.807, 2.05) is 6.07 Å². The Labute approximate surface area is 230 Å². The van der Waals surface area contributed by atoms with Gasteiger partial charge in [-0.25, -0.2) is 4.98 Å². The highest BCUT2D eigenvalue weighted by Gasteiger charge is 2.37. The van der Waals surface area contributed by atoms with Crippen molar-refractivity contribution < 1.29 is 27.4 Å². The van der Waals surface area contributed by atoms with Crippen molar-refractivity contribution in [2.45, 2.75) is 50.7 Å². The van der Waals surface area contributed by atoms with Gasteiger partial charge in [0.1, 0.15) is 17.1 Å². The number of hydrogen-bond acceptors (Lipinski definition) is 7. The van der Waals surface area contributed by atoms with Gasteiger partial charge in [-0.15, -0.1) is 0 Å². The molecule has 1 amide bonds. The van der Waals surface area contributed by atoms with Crippen LogP contribution in [0.3, 0.4) is 0 Å². The van der Waals surface area contributed by atoms with Crippen LogP contribution in [0, 0.1) is 0 Å². The van der Waals surface area contributed by atoms with Gasteiger partial charge in [0, 0.05) is 17.8 Å². The third-order valence-corrected chi connectivity index (χ3v) is 7.56. The summed E-state index contributed by atoms with van der Waals surface area (Å²) in [7, 11) is 3.50. The maximum absolute atomic E-state index is 13.8. The average Bonchev–Trinajstić information content (AvgIpc) is 3.31. The van der Waals surface area contributed by atoms with E-state index >= 15 is 0 Å². The van der Waals surface area contributed by atoms with Gasteiger partial charge in [-0.3, -0.25) is 4.79 Å². The molecule has 0 saturated carbocycles. The summed E-state index contributed by atoms with van der Waals surface area (Å²) in [5.74, 6) is 0.0685. The average molecular weight is 556 g/mol. The number of rotatable bonds is 7. The van der Waals surface area contributed by atoms with Gasteiger partial charge in [0.2, 0.25) is 11.8 Å². The van der Waals surface area contributed by atoms with Crippen molar-refractivity contribution in [1.29, 1.82) is 0 Å². The quantitative estimate of drug-likeness (QED) is 0.375. The summed E-state index contributed by atoms with van der Waals surface area (Å²) >= 11 is 0. The molecule has 1 unspecified atom stereocenters. The molecule has 2 aliphatic rings. The fourth-order valence-electron chi connectivity index (χ4n) is 5.20. The number of likely N-dealkylation sites (tertiary alicyclic amines) is 1. The molecular formula is C29H32F3N5O3. The number of anilines is 2. The van der Waals surface area contributed by atoms with Crippen molar-refractivity contribution in [2.24, 2.45) is 0 Å². The predicted molar refractivity (Wildman–Crippen MR) is 145 cm³/mol. The van der Waals surface area contributed by atoms with E-state index in [1.54, 1.807) is 30.3 Å². The van der Waals surface area contributed by atoms with Crippen LogP contribution in [0.4, 0.5) is 24.8 Å². The molecule has 1 saturated heterocycles. The fourth-order valence-corrected chi connectivity index (χ4v) is 5.20. The van der Waals surface area contributed by atoms with Gasteiger partial charge in [0.25, 0.3) is 5.91 Å². The number of hydrogen-bond donors (Lipinski definition) is 2. The van der Waals surface area contributed by atoms with Crippen LogP contribution in [0.1, 0.15) is 59.2 Å². The van der Waals surface area contributed by atoms with Crippen LogP contribution in [-0.2, 0) is 12.6 Å². The Morgan fingerprint density at radius 1 is 1.10 bits per heavy atom. The van der Waals surface area contributed by atoms with Crippen LogP contribution in [0.25, 0.3) is 0 Å². The molecule has 1 atom stereocenters. The zero-order chi connectivity index (χ0) is 28.4. The largest absolute Gasteiger partial charge is 0.495 e. The van der Waals surface area contributed by atoms with Crippen molar-refractivity contribution in [2.75, 3.05) is 32.6 Å². The minimum atomic E-state index is -4.71. The van der Waals surface area contributed by atoms with E-state index in [1.165, 1.54) is 7.11 Å². The van der Waals surface area contributed by atoms with Gasteiger partial charge in [-0.05, 0) is 87.1 Å². The molecule has 1 aliphatic carbocycles. The number of ether oxygens (including phenoxy) is 2. The van der Waals surface area contributed by atoms with Crippen LogP contribution in [0.5, 0.6) is 17.4 Å². The second kappa shape index (κ2) is 11.3. The summed E-state index contributed by atoms with van der Waals surface area (Å²) in [4.78, 5) is 23.0. The minimum Gasteiger partial charge on any atom is -0.495 e. The Balaban J connectivity index is 1.38. The van der Waals surface area contributed by atoms with Crippen molar-refractivity contribution >= 4 is 17.5 Å². The Morgan fingerprint density at radius 2 is 1.88 bits per heavy atom. The highest BCUT2D eigenvalue weighted by Crippen LogP contribution is 2.42. The van der Waals surface area contributed by atoms with Gasteiger partial charge >= 0.3 is 6.18 Å². The highest BCUT2D eigenvalue weighted by atomic mass is 19.4. The van der Waals surface area contributed by atoms with E-state index in [2.05, 4.69) is 39.5 Å². The van der Waals surface area contributed by atoms with Crippen molar-refractivity contribution in [3.63, 3.8) is 0 Å². The topological polar surface area (TPSA) is 88.6 Å². The van der Waals surface area contributed by atoms with E-state index in [-0.39, 0.29) is 17.9 Å². The van der Waals surface area contributed by atoms with Crippen LogP contribution < -0.4 is 20.1 Å². The number of alkyl halides is 3. The normalized spacial score (nSPS) is 17.8. The molecule has 8 nitrogen and oxygen atoms in total. The van der Waals surface area contributed by atoms with Crippen LogP contribution in [0.2, 0.25) is 0 Å². The summed E-state index contributed by atoms with van der Waals surface area (Å²) in [6, 6.07) is 10.3. The second-order valence-corrected chi connectivity index (χ2v) is 10.4. The smallest absolute Gasteiger partial charge is 0.423 e. The Bertz CT molecular complexity index is 1390. The zero-order valence-electron chi connectivity index (χ0n) is 22.6. The summed E-state index contributed by atoms with van der Waals surface area (Å²) in [6.45, 7) is 3.92. The molecule has 3 aromatic rings. The third-order valence-electron chi connectivity index (χ3n) is 7.56. The van der Waals surface area contributed by atoms with Gasteiger partial charge < -0.3 is 25.0 Å². The maximum atomic E-state index is 13.8. The number of halogens is 3. The number of carbonyl (C=O) groups is 1. The lowest BCUT2D eigenvalue weighted by Crippen LogP contribution is -2.43. The summed E-state index contributed by atoms with van der Waals surface area (Å²) in [5.41, 5.74) is 1.69. The molecule has 5 rings (SSSR count). The molecule has 0 bridgehead atoms. The van der Waals surface area contributed by atoms with E-state index in [9.17, 15) is 18.0 Å². The first-order valence-corrected chi connectivity index (χ1v) is 13.3. The number of aromatic nitrogens is 2. The monoisotopic (exact) mass is 555 g/mol. The van der Waals surface area contributed by atoms with Crippen LogP contribution >= 0.6 is 0 Å². The molecule has 0 spiro atoms. The van der Waals surface area contributed by atoms with E-state index in [0.29, 0.717) is 34.9 Å². The van der Waals surface area contributed by atoms with Crippen molar-refractivity contribution in [3.05, 3.63) is 64.8 Å². The van der Waals surface area contributed by atoms with Gasteiger partial charge in [-0.2, -0.15) is 18.2 Å². The molecule has 0 radical (unpaired) electrons. The van der Waals surface area contributed by atoms with Crippen molar-refractivity contribution in [1.82, 2.24) is 20.2 Å². The number of benzene rings is 2. The number of nitrogens with one attached hydrogen (secondary N) is 2. The van der Waals surface area contributed by atoms with Crippen LogP contribution in [-0.4, -0.2) is 54.1 Å². The summed E-state index contributed by atoms with van der Waals surface area (Å²) in [6.07, 6.45) is -0.631. The van der Waals surface area contributed by atoms with E-state index in [0.717, 1.165) is 49.9 Å². The standard InChI is InChI=1S/C29H32F3N5O3/c1-17-7-9-21-20(17)5-4-6-24(21)40-27-22(29(30,31)32)16-33-28(36-27)35-23-10-8-18(15-25(23)39-3)26(38)34-19-11-13-37(2)14-12-19/h4-6,8,10,15-17,19H,7,9,11-14H2,1-3H3,(H,34,38)(H,33,35,36). The summed E-state index contributed by atoms with van der Waals surface area (Å²) < 4.78 is 52.7. The molecule has 2 aromatic carbocycles. The number of nitrogens with zero attached hydrogens (tertiary/aromatic N) is 3. The number of methoxy groups -OCH3 is 1. The Hall–Kier alpha value is -3.86. The first-order chi connectivity index (χ1) is 19.1. The lowest BCUT2D eigenvalue weighted by atomic mass is 10.0. The summed E-state index contributed by atoms with van der Waals surface area (Å²) in [5, 5.41) is 5.97. The molecule has 1 aliphatic heterocycles. The molecule has 212 valence electrons. The number of carbonyl (C=O) groups excluding carboxylic acids is 1. The van der Waals surface area contributed by atoms with Crippen LogP contribution in [0.15, 0.2) is 42.6 Å². The number of fused-ring (bicyclic) bond motifs is 1. The molecule has 2 N–H and O–H groups in total. The van der Waals surface area contributed by atoms with Crippen molar-refractivity contribution in [3.8, 4) is 17.4 Å². The number of piperidine rings is 1.